The van der Waals surface area contributed by atoms with Gasteiger partial charge in [-0.15, -0.1) is 0 Å². The number of fused-ring (bicyclic) bond motifs is 1. The minimum absolute atomic E-state index is 0.0880. The third-order valence-corrected chi connectivity index (χ3v) is 8.66. The number of hydrogen-bond donors (Lipinski definition) is 2. The van der Waals surface area contributed by atoms with E-state index < -0.39 is 22.5 Å². The lowest BCUT2D eigenvalue weighted by molar-refractivity contribution is -0.107. The van der Waals surface area contributed by atoms with E-state index in [0.29, 0.717) is 30.9 Å². The molecule has 1 aliphatic rings. The number of rotatable bonds is 11. The first-order chi connectivity index (χ1) is 19.5. The van der Waals surface area contributed by atoms with Crippen molar-refractivity contribution in [3.05, 3.63) is 79.2 Å². The van der Waals surface area contributed by atoms with Crippen LogP contribution >= 0.6 is 46.6 Å². The van der Waals surface area contributed by atoms with E-state index in [-0.39, 0.29) is 38.5 Å². The zero-order valence-electron chi connectivity index (χ0n) is 21.9. The normalized spacial score (nSPS) is 12.8. The molecule has 2 N–H and O–H groups in total. The van der Waals surface area contributed by atoms with Crippen molar-refractivity contribution in [1.82, 2.24) is 15.2 Å². The highest BCUT2D eigenvalue weighted by atomic mass is 35.5. The molecule has 1 aliphatic heterocycles. The van der Waals surface area contributed by atoms with Gasteiger partial charge in [0.2, 0.25) is 6.41 Å². The number of methoxy groups -OCH3 is 1. The first-order valence-electron chi connectivity index (χ1n) is 12.3. The van der Waals surface area contributed by atoms with Crippen LogP contribution in [0.3, 0.4) is 0 Å². The van der Waals surface area contributed by atoms with Gasteiger partial charge in [-0.25, -0.2) is 0 Å². The van der Waals surface area contributed by atoms with E-state index in [2.05, 4.69) is 5.32 Å². The van der Waals surface area contributed by atoms with Gasteiger partial charge >= 0.3 is 5.38 Å². The van der Waals surface area contributed by atoms with Crippen molar-refractivity contribution in [3.63, 3.8) is 0 Å². The Morgan fingerprint density at radius 3 is 2.46 bits per heavy atom. The van der Waals surface area contributed by atoms with Crippen molar-refractivity contribution in [1.29, 1.82) is 0 Å². The van der Waals surface area contributed by atoms with Crippen LogP contribution in [0.1, 0.15) is 33.6 Å². The number of halogens is 5. The Bertz CT molecular complexity index is 1510. The van der Waals surface area contributed by atoms with Crippen molar-refractivity contribution in [2.45, 2.75) is 34.7 Å². The number of amides is 2. The second kappa shape index (κ2) is 13.0. The lowest BCUT2D eigenvalue weighted by atomic mass is 10.1. The highest BCUT2D eigenvalue weighted by molar-refractivity contribution is 7.99. The summed E-state index contributed by atoms with van der Waals surface area (Å²) >= 11 is 18.6. The number of anilines is 1. The molecule has 0 spiro atoms. The summed E-state index contributed by atoms with van der Waals surface area (Å²) in [7, 11) is 3.30. The molecule has 2 heterocycles. The average molecular weight is 646 g/mol. The maximum absolute atomic E-state index is 14.0. The number of pyridine rings is 1. The molecule has 0 aliphatic carbocycles. The zero-order chi connectivity index (χ0) is 29.9. The number of benzene rings is 2. The van der Waals surface area contributed by atoms with Crippen LogP contribution < -0.4 is 20.5 Å². The fourth-order valence-electron chi connectivity index (χ4n) is 4.42. The average Bonchev–Trinajstić information content (AvgIpc) is 3.34. The Morgan fingerprint density at radius 1 is 1.22 bits per heavy atom. The molecule has 0 saturated heterocycles. The zero-order valence-corrected chi connectivity index (χ0v) is 25.0. The summed E-state index contributed by atoms with van der Waals surface area (Å²) in [5.41, 5.74) is -0.232. The van der Waals surface area contributed by atoms with E-state index in [1.807, 2.05) is 12.0 Å². The first kappa shape index (κ1) is 31.1. The Kier molecular flexibility index (Phi) is 9.86. The smallest absolute Gasteiger partial charge is 0.362 e. The lowest BCUT2D eigenvalue weighted by Gasteiger charge is -2.21. The Hall–Kier alpha value is -2.83. The second-order valence-corrected chi connectivity index (χ2v) is 11.5. The van der Waals surface area contributed by atoms with Crippen molar-refractivity contribution in [2.75, 3.05) is 32.1 Å². The fourth-order valence-corrected chi connectivity index (χ4v) is 6.16. The molecule has 2 amide bonds. The van der Waals surface area contributed by atoms with Gasteiger partial charge in [0.15, 0.2) is 0 Å². The molecule has 3 aromatic rings. The van der Waals surface area contributed by atoms with Gasteiger partial charge in [-0.05, 0) is 73.1 Å². The highest BCUT2D eigenvalue weighted by Gasteiger charge is 2.34. The molecule has 0 saturated carbocycles. The molecule has 8 nitrogen and oxygen atoms in total. The molecule has 1 aromatic heterocycles. The maximum Gasteiger partial charge on any atom is 0.362 e. The van der Waals surface area contributed by atoms with Crippen LogP contribution in [0.25, 0.3) is 0 Å². The van der Waals surface area contributed by atoms with Gasteiger partial charge in [0, 0.05) is 29.4 Å². The second-order valence-electron chi connectivity index (χ2n) is 9.11. The van der Waals surface area contributed by atoms with Gasteiger partial charge in [0.25, 0.3) is 11.5 Å². The topological polar surface area (TPSA) is 94.7 Å². The number of nitrogens with zero attached hydrogens (tertiary/aromatic N) is 2. The van der Waals surface area contributed by atoms with E-state index in [1.165, 1.54) is 16.9 Å². The largest absolute Gasteiger partial charge is 0.495 e. The first-order valence-corrected chi connectivity index (χ1v) is 14.3. The number of alkyl halides is 3. The predicted molar refractivity (Wildman–Crippen MR) is 156 cm³/mol. The molecule has 0 radical (unpaired) electrons. The Labute approximate surface area is 253 Å². The van der Waals surface area contributed by atoms with Gasteiger partial charge in [0.05, 0.1) is 22.8 Å². The van der Waals surface area contributed by atoms with Crippen LogP contribution in [0.15, 0.2) is 51.0 Å². The number of aromatic nitrogens is 1. The number of aromatic amines is 1. The molecule has 2 aromatic carbocycles. The van der Waals surface area contributed by atoms with Crippen molar-refractivity contribution in [2.24, 2.45) is 0 Å². The summed E-state index contributed by atoms with van der Waals surface area (Å²) in [6, 6.07) is 9.16. The summed E-state index contributed by atoms with van der Waals surface area (Å²) in [6.07, 6.45) is 1.42. The highest BCUT2D eigenvalue weighted by Crippen LogP contribution is 2.42. The number of carbonyl (C=O) groups excluding carboxylic acids is 2. The summed E-state index contributed by atoms with van der Waals surface area (Å²) in [5.74, 6) is -0.245. The van der Waals surface area contributed by atoms with E-state index in [0.717, 1.165) is 35.4 Å². The molecule has 0 atom stereocenters. The molecule has 0 bridgehead atoms. The van der Waals surface area contributed by atoms with Gasteiger partial charge in [-0.3, -0.25) is 14.4 Å². The van der Waals surface area contributed by atoms with E-state index >= 15 is 0 Å². The molecule has 14 heteroatoms. The molecule has 4 rings (SSSR count). The van der Waals surface area contributed by atoms with Crippen LogP contribution in [0, 0.1) is 0 Å². The SMILES string of the molecule is CNCCCN(C=O)c1cc2c(cc1OC)CN(C(=O)c1c(Sc3c(Cl)cccc3Cl)cc(C(F)(F)Cl)[nH]c1=O)C2. The number of nitrogens with one attached hydrogen (secondary N) is 2. The van der Waals surface area contributed by atoms with Crippen LogP contribution in [0.5, 0.6) is 5.75 Å². The molecule has 218 valence electrons. The monoisotopic (exact) mass is 644 g/mol. The summed E-state index contributed by atoms with van der Waals surface area (Å²) < 4.78 is 33.6. The maximum atomic E-state index is 14.0. The lowest BCUT2D eigenvalue weighted by Crippen LogP contribution is -2.32. The number of H-pyrrole nitrogens is 1. The van der Waals surface area contributed by atoms with Crippen molar-refractivity contribution < 1.29 is 23.1 Å². The summed E-state index contributed by atoms with van der Waals surface area (Å²) in [5, 5.41) is -0.438. The molecule has 0 unspecified atom stereocenters. The molecular weight excluding hydrogens is 621 g/mol. The Balaban J connectivity index is 1.71. The molecular formula is C27H25Cl3F2N4O4S. The van der Waals surface area contributed by atoms with Crippen LogP contribution in [-0.4, -0.2) is 49.4 Å². The molecule has 0 fully saturated rings. The number of ether oxygens (including phenoxy) is 1. The van der Waals surface area contributed by atoms with E-state index in [9.17, 15) is 23.2 Å². The van der Waals surface area contributed by atoms with Gasteiger partial charge in [-0.2, -0.15) is 8.78 Å². The number of hydrogen-bond acceptors (Lipinski definition) is 6. The van der Waals surface area contributed by atoms with Crippen LogP contribution in [0.4, 0.5) is 14.5 Å². The van der Waals surface area contributed by atoms with Crippen LogP contribution in [-0.2, 0) is 23.3 Å². The van der Waals surface area contributed by atoms with Crippen molar-refractivity contribution >= 4 is 64.6 Å². The minimum Gasteiger partial charge on any atom is -0.495 e. The summed E-state index contributed by atoms with van der Waals surface area (Å²) in [4.78, 5) is 43.9. The van der Waals surface area contributed by atoms with E-state index in [1.54, 1.807) is 30.3 Å². The summed E-state index contributed by atoms with van der Waals surface area (Å²) in [6.45, 7) is 1.39. The third kappa shape index (κ3) is 6.81. The van der Waals surface area contributed by atoms with Crippen LogP contribution in [0.2, 0.25) is 10.0 Å². The number of carbonyl (C=O) groups is 2. The van der Waals surface area contributed by atoms with Gasteiger partial charge in [-0.1, -0.05) is 41.0 Å². The molecule has 41 heavy (non-hydrogen) atoms. The standard InChI is InChI=1S/C27H25Cl3F2N4O4S/c1-33-7-4-8-35(14-37)19-9-15-12-36(13-16(15)10-20(19)40-2)26(39)23-21(11-22(27(30,31)32)34-25(23)38)41-24-17(28)5-3-6-18(24)29/h3,5-6,9-11,14,33H,4,7-8,12-13H2,1-2H3,(H,34,38). The Morgan fingerprint density at radius 2 is 1.88 bits per heavy atom. The minimum atomic E-state index is -3.89. The van der Waals surface area contributed by atoms with Crippen molar-refractivity contribution in [3.8, 4) is 5.75 Å². The predicted octanol–water partition coefficient (Wildman–Crippen LogP) is 5.86. The fraction of sp³-hybridized carbons (Fsp3) is 0.296. The van der Waals surface area contributed by atoms with E-state index in [4.69, 9.17) is 39.5 Å². The van der Waals surface area contributed by atoms with Gasteiger partial charge in [0.1, 0.15) is 17.0 Å². The van der Waals surface area contributed by atoms with Gasteiger partial charge < -0.3 is 24.8 Å². The quantitative estimate of drug-likeness (QED) is 0.154. The third-order valence-electron chi connectivity index (χ3n) is 6.42.